The Balaban J connectivity index is 1.80. The monoisotopic (exact) mass is 359 g/mol. The second kappa shape index (κ2) is 9.13. The highest BCUT2D eigenvalue weighted by Gasteiger charge is 2.09. The number of carboxylic acid groups (broad SMARTS) is 1. The lowest BCUT2D eigenvalue weighted by atomic mass is 10.1. The Labute approximate surface area is 151 Å². The van der Waals surface area contributed by atoms with Crippen LogP contribution < -0.4 is 10.1 Å². The molecule has 1 amide bonds. The fourth-order valence-electron chi connectivity index (χ4n) is 2.26. The summed E-state index contributed by atoms with van der Waals surface area (Å²) < 4.78 is 5.23. The van der Waals surface area contributed by atoms with Gasteiger partial charge in [0.15, 0.2) is 0 Å². The molecule has 2 aromatic rings. The number of aryl methyl sites for hydroxylation is 1. The lowest BCUT2D eigenvalue weighted by Gasteiger charge is -2.10. The first-order valence-corrected chi connectivity index (χ1v) is 8.84. The Kier molecular flexibility index (Phi) is 6.89. The minimum atomic E-state index is -0.994. The van der Waals surface area contributed by atoms with Crippen LogP contribution in [0.2, 0.25) is 0 Å². The van der Waals surface area contributed by atoms with Crippen LogP contribution in [0.1, 0.15) is 21.5 Å². The van der Waals surface area contributed by atoms with Crippen molar-refractivity contribution in [2.24, 2.45) is 0 Å². The summed E-state index contributed by atoms with van der Waals surface area (Å²) in [5.41, 5.74) is 2.23. The molecule has 0 radical (unpaired) electrons. The molecule has 0 saturated carbocycles. The Bertz CT molecular complexity index is 744. The summed E-state index contributed by atoms with van der Waals surface area (Å²) in [5.74, 6) is -0.154. The standard InChI is InChI=1S/C19H21NO4S/c1-13-3-7-16(8-4-13)25-12-18(21)20-10-9-14-5-6-15(19(22)23)11-17(14)24-2/h3-8,11H,9-10,12H2,1-2H3,(H,20,21)(H,22,23). The molecule has 0 fully saturated rings. The number of hydrogen-bond acceptors (Lipinski definition) is 4. The van der Waals surface area contributed by atoms with Crippen LogP contribution in [0.5, 0.6) is 5.75 Å². The molecule has 2 rings (SSSR count). The first-order valence-electron chi connectivity index (χ1n) is 7.86. The van der Waals surface area contributed by atoms with E-state index in [4.69, 9.17) is 9.84 Å². The van der Waals surface area contributed by atoms with Crippen molar-refractivity contribution in [3.63, 3.8) is 0 Å². The van der Waals surface area contributed by atoms with Gasteiger partial charge in [0.2, 0.25) is 5.91 Å². The summed E-state index contributed by atoms with van der Waals surface area (Å²) in [6.45, 7) is 2.49. The molecule has 0 saturated heterocycles. The van der Waals surface area contributed by atoms with Gasteiger partial charge in [-0.3, -0.25) is 4.79 Å². The molecule has 0 aromatic heterocycles. The molecule has 132 valence electrons. The second-order valence-electron chi connectivity index (χ2n) is 5.53. The zero-order valence-electron chi connectivity index (χ0n) is 14.2. The van der Waals surface area contributed by atoms with E-state index in [0.717, 1.165) is 10.5 Å². The number of benzene rings is 2. The molecule has 0 bridgehead atoms. The number of carboxylic acids is 1. The summed E-state index contributed by atoms with van der Waals surface area (Å²) in [6.07, 6.45) is 0.573. The minimum absolute atomic E-state index is 0.0355. The summed E-state index contributed by atoms with van der Waals surface area (Å²) in [7, 11) is 1.50. The zero-order valence-corrected chi connectivity index (χ0v) is 15.1. The number of carbonyl (C=O) groups excluding carboxylic acids is 1. The van der Waals surface area contributed by atoms with Crippen LogP contribution in [0, 0.1) is 6.92 Å². The molecule has 0 spiro atoms. The lowest BCUT2D eigenvalue weighted by molar-refractivity contribution is -0.118. The molecule has 0 aliphatic rings. The second-order valence-corrected chi connectivity index (χ2v) is 6.58. The Morgan fingerprint density at radius 3 is 2.52 bits per heavy atom. The predicted octanol–water partition coefficient (Wildman–Crippen LogP) is 3.15. The van der Waals surface area contributed by atoms with Crippen molar-refractivity contribution in [3.05, 3.63) is 59.2 Å². The lowest BCUT2D eigenvalue weighted by Crippen LogP contribution is -2.27. The summed E-state index contributed by atoms with van der Waals surface area (Å²) in [4.78, 5) is 24.0. The van der Waals surface area contributed by atoms with Gasteiger partial charge in [0.25, 0.3) is 0 Å². The van der Waals surface area contributed by atoms with Gasteiger partial charge in [0.05, 0.1) is 18.4 Å². The van der Waals surface area contributed by atoms with Crippen molar-refractivity contribution in [2.45, 2.75) is 18.2 Å². The average molecular weight is 359 g/mol. The van der Waals surface area contributed by atoms with Crippen LogP contribution in [0.25, 0.3) is 0 Å². The third-order valence-electron chi connectivity index (χ3n) is 3.64. The minimum Gasteiger partial charge on any atom is -0.496 e. The number of nitrogens with one attached hydrogen (secondary N) is 1. The van der Waals surface area contributed by atoms with E-state index in [-0.39, 0.29) is 11.5 Å². The van der Waals surface area contributed by atoms with Crippen molar-refractivity contribution in [1.82, 2.24) is 5.32 Å². The number of aromatic carboxylic acids is 1. The van der Waals surface area contributed by atoms with E-state index in [0.29, 0.717) is 24.5 Å². The van der Waals surface area contributed by atoms with Crippen molar-refractivity contribution in [3.8, 4) is 5.75 Å². The first-order chi connectivity index (χ1) is 12.0. The van der Waals surface area contributed by atoms with Crippen LogP contribution in [-0.4, -0.2) is 36.4 Å². The highest BCUT2D eigenvalue weighted by Crippen LogP contribution is 2.21. The Morgan fingerprint density at radius 1 is 1.16 bits per heavy atom. The van der Waals surface area contributed by atoms with Crippen molar-refractivity contribution in [2.75, 3.05) is 19.4 Å². The Hall–Kier alpha value is -2.47. The van der Waals surface area contributed by atoms with Gasteiger partial charge < -0.3 is 15.2 Å². The maximum Gasteiger partial charge on any atom is 0.335 e. The molecular weight excluding hydrogens is 338 g/mol. The van der Waals surface area contributed by atoms with Crippen LogP contribution >= 0.6 is 11.8 Å². The van der Waals surface area contributed by atoms with E-state index < -0.39 is 5.97 Å². The number of methoxy groups -OCH3 is 1. The molecule has 0 aliphatic heterocycles. The molecule has 0 atom stereocenters. The molecule has 6 heteroatoms. The number of thioether (sulfide) groups is 1. The number of hydrogen-bond donors (Lipinski definition) is 2. The zero-order chi connectivity index (χ0) is 18.2. The molecule has 25 heavy (non-hydrogen) atoms. The molecule has 2 N–H and O–H groups in total. The van der Waals surface area contributed by atoms with Crippen molar-refractivity contribution < 1.29 is 19.4 Å². The molecular formula is C19H21NO4S. The molecule has 2 aromatic carbocycles. The SMILES string of the molecule is COc1cc(C(=O)O)ccc1CCNC(=O)CSc1ccc(C)cc1. The highest BCUT2D eigenvalue weighted by atomic mass is 32.2. The van der Waals surface area contributed by atoms with Crippen LogP contribution in [-0.2, 0) is 11.2 Å². The third-order valence-corrected chi connectivity index (χ3v) is 4.65. The van der Waals surface area contributed by atoms with Crippen LogP contribution in [0.15, 0.2) is 47.4 Å². The molecule has 0 unspecified atom stereocenters. The van der Waals surface area contributed by atoms with Gasteiger partial charge in [-0.05, 0) is 43.2 Å². The number of ether oxygens (including phenoxy) is 1. The predicted molar refractivity (Wildman–Crippen MR) is 98.6 cm³/mol. The van der Waals surface area contributed by atoms with Gasteiger partial charge >= 0.3 is 5.97 Å². The molecule has 0 aliphatic carbocycles. The highest BCUT2D eigenvalue weighted by molar-refractivity contribution is 8.00. The maximum absolute atomic E-state index is 11.9. The number of carbonyl (C=O) groups is 2. The Morgan fingerprint density at radius 2 is 1.88 bits per heavy atom. The maximum atomic E-state index is 11.9. The van der Waals surface area contributed by atoms with Crippen LogP contribution in [0.4, 0.5) is 0 Å². The van der Waals surface area contributed by atoms with Crippen LogP contribution in [0.3, 0.4) is 0 Å². The fraction of sp³-hybridized carbons (Fsp3) is 0.263. The van der Waals surface area contributed by atoms with Gasteiger partial charge in [-0.15, -0.1) is 11.8 Å². The average Bonchev–Trinajstić information content (AvgIpc) is 2.61. The van der Waals surface area contributed by atoms with Crippen molar-refractivity contribution >= 4 is 23.6 Å². The fourth-order valence-corrected chi connectivity index (χ4v) is 2.98. The quantitative estimate of drug-likeness (QED) is 0.708. The van der Waals surface area contributed by atoms with E-state index >= 15 is 0 Å². The van der Waals surface area contributed by atoms with E-state index in [1.165, 1.54) is 36.6 Å². The van der Waals surface area contributed by atoms with Gasteiger partial charge in [-0.1, -0.05) is 23.8 Å². The van der Waals surface area contributed by atoms with E-state index in [9.17, 15) is 9.59 Å². The third kappa shape index (κ3) is 5.83. The van der Waals surface area contributed by atoms with Gasteiger partial charge in [-0.2, -0.15) is 0 Å². The molecule has 0 heterocycles. The van der Waals surface area contributed by atoms with Gasteiger partial charge in [-0.25, -0.2) is 4.79 Å². The normalized spacial score (nSPS) is 10.3. The van der Waals surface area contributed by atoms with E-state index in [2.05, 4.69) is 5.32 Å². The van der Waals surface area contributed by atoms with E-state index in [1.807, 2.05) is 31.2 Å². The summed E-state index contributed by atoms with van der Waals surface area (Å²) in [5, 5.41) is 11.9. The first kappa shape index (κ1) is 18.9. The number of amides is 1. The van der Waals surface area contributed by atoms with E-state index in [1.54, 1.807) is 6.07 Å². The smallest absolute Gasteiger partial charge is 0.335 e. The molecule has 5 nitrogen and oxygen atoms in total. The van der Waals surface area contributed by atoms with Crippen molar-refractivity contribution in [1.29, 1.82) is 0 Å². The summed E-state index contributed by atoms with van der Waals surface area (Å²) >= 11 is 1.49. The van der Waals surface area contributed by atoms with Gasteiger partial charge in [0, 0.05) is 11.4 Å². The largest absolute Gasteiger partial charge is 0.496 e. The topological polar surface area (TPSA) is 75.6 Å². The summed E-state index contributed by atoms with van der Waals surface area (Å²) in [6, 6.07) is 12.8. The van der Waals surface area contributed by atoms with Gasteiger partial charge in [0.1, 0.15) is 5.75 Å². The number of rotatable bonds is 8.